The highest BCUT2D eigenvalue weighted by molar-refractivity contribution is 5.48. The van der Waals surface area contributed by atoms with E-state index in [-0.39, 0.29) is 5.82 Å². The fourth-order valence-corrected chi connectivity index (χ4v) is 2.62. The molecule has 5 nitrogen and oxygen atoms in total. The van der Waals surface area contributed by atoms with Crippen LogP contribution in [-0.2, 0) is 13.6 Å². The van der Waals surface area contributed by atoms with Crippen LogP contribution in [0.25, 0.3) is 0 Å². The van der Waals surface area contributed by atoms with E-state index in [1.165, 1.54) is 12.1 Å². The fraction of sp³-hybridized carbons (Fsp3) is 0.438. The van der Waals surface area contributed by atoms with Gasteiger partial charge in [-0.1, -0.05) is 12.1 Å². The Kier molecular flexibility index (Phi) is 5.15. The largest absolute Gasteiger partial charge is 0.387 e. The molecule has 0 amide bonds. The van der Waals surface area contributed by atoms with E-state index in [1.54, 1.807) is 12.1 Å². The second-order valence-corrected chi connectivity index (χ2v) is 5.61. The zero-order chi connectivity index (χ0) is 16.3. The highest BCUT2D eigenvalue weighted by Gasteiger charge is 2.15. The number of aryl methyl sites for hydroxylation is 2. The molecule has 0 radical (unpaired) electrons. The SMILES string of the molecule is Cc1nn(C)c(N(C)C)c1CNCC(O)c1cccc(F)c1. The molecular weight excluding hydrogens is 283 g/mol. The molecule has 0 aliphatic heterocycles. The van der Waals surface area contributed by atoms with Gasteiger partial charge in [0.2, 0.25) is 0 Å². The summed E-state index contributed by atoms with van der Waals surface area (Å²) in [5.41, 5.74) is 2.63. The van der Waals surface area contributed by atoms with E-state index >= 15 is 0 Å². The number of aliphatic hydroxyl groups is 1. The predicted molar refractivity (Wildman–Crippen MR) is 85.3 cm³/mol. The normalized spacial score (nSPS) is 12.5. The third kappa shape index (κ3) is 3.64. The lowest BCUT2D eigenvalue weighted by molar-refractivity contribution is 0.174. The quantitative estimate of drug-likeness (QED) is 0.854. The molecule has 1 aromatic carbocycles. The number of halogens is 1. The number of aliphatic hydroxyl groups excluding tert-OH is 1. The molecule has 6 heteroatoms. The van der Waals surface area contributed by atoms with Crippen LogP contribution in [0.2, 0.25) is 0 Å². The molecule has 1 unspecified atom stereocenters. The summed E-state index contributed by atoms with van der Waals surface area (Å²) in [4.78, 5) is 2.01. The average Bonchev–Trinajstić information content (AvgIpc) is 2.73. The number of benzene rings is 1. The molecule has 120 valence electrons. The summed E-state index contributed by atoms with van der Waals surface area (Å²) < 4.78 is 15.0. The first-order valence-electron chi connectivity index (χ1n) is 7.24. The number of anilines is 1. The van der Waals surface area contributed by atoms with Gasteiger partial charge >= 0.3 is 0 Å². The predicted octanol–water partition coefficient (Wildman–Crippen LogP) is 1.76. The van der Waals surface area contributed by atoms with Gasteiger partial charge in [0.05, 0.1) is 11.8 Å². The molecule has 2 N–H and O–H groups in total. The van der Waals surface area contributed by atoms with E-state index in [0.717, 1.165) is 17.1 Å². The summed E-state index contributed by atoms with van der Waals surface area (Å²) in [6.45, 7) is 2.91. The van der Waals surface area contributed by atoms with E-state index in [1.807, 2.05) is 37.6 Å². The first-order valence-corrected chi connectivity index (χ1v) is 7.24. The lowest BCUT2D eigenvalue weighted by Gasteiger charge is -2.17. The highest BCUT2D eigenvalue weighted by Crippen LogP contribution is 2.21. The maximum atomic E-state index is 13.2. The van der Waals surface area contributed by atoms with Crippen molar-refractivity contribution in [3.8, 4) is 0 Å². The van der Waals surface area contributed by atoms with Crippen LogP contribution in [0.4, 0.5) is 10.2 Å². The smallest absolute Gasteiger partial charge is 0.130 e. The Hall–Kier alpha value is -1.92. The summed E-state index contributed by atoms with van der Waals surface area (Å²) in [6, 6.07) is 6.04. The zero-order valence-corrected chi connectivity index (χ0v) is 13.5. The van der Waals surface area contributed by atoms with Crippen LogP contribution in [0.3, 0.4) is 0 Å². The Labute approximate surface area is 130 Å². The van der Waals surface area contributed by atoms with Gasteiger partial charge in [0.15, 0.2) is 0 Å². The van der Waals surface area contributed by atoms with Crippen LogP contribution in [0.15, 0.2) is 24.3 Å². The van der Waals surface area contributed by atoms with Gasteiger partial charge in [0.25, 0.3) is 0 Å². The van der Waals surface area contributed by atoms with Crippen molar-refractivity contribution >= 4 is 5.82 Å². The van der Waals surface area contributed by atoms with E-state index in [0.29, 0.717) is 18.7 Å². The lowest BCUT2D eigenvalue weighted by atomic mass is 10.1. The number of aromatic nitrogens is 2. The average molecular weight is 306 g/mol. The minimum atomic E-state index is -0.740. The Balaban J connectivity index is 2.00. The molecule has 0 aliphatic carbocycles. The van der Waals surface area contributed by atoms with Gasteiger partial charge in [-0.15, -0.1) is 0 Å². The molecule has 2 rings (SSSR count). The van der Waals surface area contributed by atoms with Crippen molar-refractivity contribution < 1.29 is 9.50 Å². The van der Waals surface area contributed by atoms with Crippen molar-refractivity contribution in [3.05, 3.63) is 46.9 Å². The minimum absolute atomic E-state index is 0.338. The molecule has 0 saturated carbocycles. The van der Waals surface area contributed by atoms with Crippen molar-refractivity contribution in [1.82, 2.24) is 15.1 Å². The lowest BCUT2D eigenvalue weighted by Crippen LogP contribution is -2.23. The van der Waals surface area contributed by atoms with Crippen LogP contribution in [0.1, 0.15) is 22.9 Å². The van der Waals surface area contributed by atoms with Crippen LogP contribution in [-0.4, -0.2) is 35.5 Å². The molecule has 1 aromatic heterocycles. The molecule has 0 aliphatic rings. The van der Waals surface area contributed by atoms with Gasteiger partial charge in [-0.25, -0.2) is 4.39 Å². The Morgan fingerprint density at radius 3 is 2.77 bits per heavy atom. The number of hydrogen-bond acceptors (Lipinski definition) is 4. The van der Waals surface area contributed by atoms with Crippen LogP contribution < -0.4 is 10.2 Å². The van der Waals surface area contributed by atoms with Crippen molar-refractivity contribution in [2.24, 2.45) is 7.05 Å². The molecule has 22 heavy (non-hydrogen) atoms. The first-order chi connectivity index (χ1) is 10.4. The minimum Gasteiger partial charge on any atom is -0.387 e. The summed E-state index contributed by atoms with van der Waals surface area (Å²) >= 11 is 0. The molecule has 1 atom stereocenters. The van der Waals surface area contributed by atoms with E-state index in [9.17, 15) is 9.50 Å². The summed E-state index contributed by atoms with van der Waals surface area (Å²) in [6.07, 6.45) is -0.740. The van der Waals surface area contributed by atoms with Crippen LogP contribution in [0, 0.1) is 12.7 Å². The molecule has 2 aromatic rings. The molecule has 0 bridgehead atoms. The van der Waals surface area contributed by atoms with Crippen molar-refractivity contribution in [3.63, 3.8) is 0 Å². The summed E-state index contributed by atoms with van der Waals surface area (Å²) in [5, 5.41) is 17.8. The second kappa shape index (κ2) is 6.89. The maximum Gasteiger partial charge on any atom is 0.130 e. The van der Waals surface area contributed by atoms with Gasteiger partial charge in [-0.3, -0.25) is 4.68 Å². The maximum absolute atomic E-state index is 13.2. The van der Waals surface area contributed by atoms with Crippen LogP contribution >= 0.6 is 0 Å². The van der Waals surface area contributed by atoms with Gasteiger partial charge in [-0.2, -0.15) is 5.10 Å². The molecule has 0 saturated heterocycles. The van der Waals surface area contributed by atoms with E-state index < -0.39 is 6.10 Å². The van der Waals surface area contributed by atoms with Crippen molar-refractivity contribution in [1.29, 1.82) is 0 Å². The van der Waals surface area contributed by atoms with Gasteiger partial charge in [0, 0.05) is 39.8 Å². The van der Waals surface area contributed by atoms with E-state index in [2.05, 4.69) is 10.4 Å². The molecule has 0 fully saturated rings. The zero-order valence-electron chi connectivity index (χ0n) is 13.5. The van der Waals surface area contributed by atoms with Gasteiger partial charge in [-0.05, 0) is 24.6 Å². The molecule has 1 heterocycles. The van der Waals surface area contributed by atoms with Crippen molar-refractivity contribution in [2.45, 2.75) is 19.6 Å². The topological polar surface area (TPSA) is 53.3 Å². The Bertz CT molecular complexity index is 639. The fourth-order valence-electron chi connectivity index (χ4n) is 2.62. The Morgan fingerprint density at radius 2 is 2.14 bits per heavy atom. The van der Waals surface area contributed by atoms with Crippen molar-refractivity contribution in [2.75, 3.05) is 25.5 Å². The third-order valence-electron chi connectivity index (χ3n) is 3.61. The van der Waals surface area contributed by atoms with Gasteiger partial charge in [0.1, 0.15) is 11.6 Å². The third-order valence-corrected chi connectivity index (χ3v) is 3.61. The van der Waals surface area contributed by atoms with E-state index in [4.69, 9.17) is 0 Å². The number of nitrogens with zero attached hydrogens (tertiary/aromatic N) is 3. The standard InChI is InChI=1S/C16H23FN4O/c1-11-14(16(20(2)3)21(4)19-11)9-18-10-15(22)12-6-5-7-13(17)8-12/h5-8,15,18,22H,9-10H2,1-4H3. The number of nitrogens with one attached hydrogen (secondary N) is 1. The molecule has 0 spiro atoms. The van der Waals surface area contributed by atoms with Gasteiger partial charge < -0.3 is 15.3 Å². The monoisotopic (exact) mass is 306 g/mol. The number of rotatable bonds is 6. The number of hydrogen-bond donors (Lipinski definition) is 2. The first kappa shape index (κ1) is 16.5. The molecular formula is C16H23FN4O. The summed E-state index contributed by atoms with van der Waals surface area (Å²) in [5.74, 6) is 0.694. The van der Waals surface area contributed by atoms with Crippen LogP contribution in [0.5, 0.6) is 0 Å². The highest BCUT2D eigenvalue weighted by atomic mass is 19.1. The summed E-state index contributed by atoms with van der Waals surface area (Å²) in [7, 11) is 5.86. The Morgan fingerprint density at radius 1 is 1.41 bits per heavy atom. The second-order valence-electron chi connectivity index (χ2n) is 5.61.